The third-order valence-corrected chi connectivity index (χ3v) is 3.80. The quantitative estimate of drug-likeness (QED) is 0.486. The topological polar surface area (TPSA) is 119 Å². The third-order valence-electron chi connectivity index (χ3n) is 3.80. The minimum absolute atomic E-state index is 0.242. The molecule has 3 rings (SSSR count). The number of hydrogen-bond acceptors (Lipinski definition) is 5. The number of ether oxygens (including phenoxy) is 1. The van der Waals surface area contributed by atoms with Crippen molar-refractivity contribution in [3.63, 3.8) is 0 Å². The van der Waals surface area contributed by atoms with E-state index in [1.54, 1.807) is 48.5 Å². The lowest BCUT2D eigenvalue weighted by Crippen LogP contribution is -2.18. The molecule has 0 saturated carbocycles. The van der Waals surface area contributed by atoms with E-state index in [4.69, 9.17) is 4.74 Å². The molecule has 8 nitrogen and oxygen atoms in total. The van der Waals surface area contributed by atoms with Crippen LogP contribution in [-0.2, 0) is 0 Å². The number of carboxylic acids is 1. The van der Waals surface area contributed by atoms with Gasteiger partial charge in [0.2, 0.25) is 0 Å². The Balaban J connectivity index is 1.97. The van der Waals surface area contributed by atoms with Gasteiger partial charge in [0.15, 0.2) is 5.75 Å². The molecule has 2 N–H and O–H groups in total. The molecule has 0 aliphatic rings. The second-order valence-electron chi connectivity index (χ2n) is 5.63. The largest absolute Gasteiger partial charge is 0.478 e. The molecule has 1 amide bonds. The van der Waals surface area contributed by atoms with Gasteiger partial charge in [0.25, 0.3) is 11.6 Å². The number of anilines is 1. The Hall–Kier alpha value is -4.20. The molecule has 0 radical (unpaired) electrons. The maximum atomic E-state index is 12.7. The number of nitro benzene ring substituents is 1. The van der Waals surface area contributed by atoms with Gasteiger partial charge < -0.3 is 15.2 Å². The minimum Gasteiger partial charge on any atom is -0.478 e. The Labute approximate surface area is 159 Å². The predicted molar refractivity (Wildman–Crippen MR) is 101 cm³/mol. The molecular weight excluding hydrogens is 364 g/mol. The van der Waals surface area contributed by atoms with Crippen molar-refractivity contribution >= 4 is 23.3 Å². The number of nitro groups is 1. The molecule has 0 saturated heterocycles. The Morgan fingerprint density at radius 3 is 2.29 bits per heavy atom. The van der Waals surface area contributed by atoms with Gasteiger partial charge in [-0.05, 0) is 30.3 Å². The van der Waals surface area contributed by atoms with Crippen LogP contribution in [0.1, 0.15) is 20.7 Å². The molecule has 28 heavy (non-hydrogen) atoms. The van der Waals surface area contributed by atoms with Crippen LogP contribution < -0.4 is 10.1 Å². The van der Waals surface area contributed by atoms with Gasteiger partial charge in [-0.25, -0.2) is 4.79 Å². The molecule has 0 atom stereocenters. The van der Waals surface area contributed by atoms with Gasteiger partial charge in [0.05, 0.1) is 16.2 Å². The van der Waals surface area contributed by atoms with Crippen LogP contribution in [0, 0.1) is 10.1 Å². The van der Waals surface area contributed by atoms with E-state index in [1.807, 2.05) is 6.07 Å². The van der Waals surface area contributed by atoms with E-state index in [9.17, 15) is 24.8 Å². The summed E-state index contributed by atoms with van der Waals surface area (Å²) in [5.74, 6) is -1.53. The summed E-state index contributed by atoms with van der Waals surface area (Å²) in [6.45, 7) is 0. The fourth-order valence-electron chi connectivity index (χ4n) is 2.57. The highest BCUT2D eigenvalue weighted by Gasteiger charge is 2.27. The summed E-state index contributed by atoms with van der Waals surface area (Å²) in [7, 11) is 0. The zero-order valence-corrected chi connectivity index (χ0v) is 14.4. The van der Waals surface area contributed by atoms with Gasteiger partial charge in [-0.1, -0.05) is 36.4 Å². The first kappa shape index (κ1) is 18.6. The number of aromatic carboxylic acids is 1. The van der Waals surface area contributed by atoms with Crippen LogP contribution in [0.5, 0.6) is 11.5 Å². The molecule has 3 aromatic rings. The average molecular weight is 378 g/mol. The number of hydrogen-bond donors (Lipinski definition) is 2. The summed E-state index contributed by atoms with van der Waals surface area (Å²) >= 11 is 0. The zero-order valence-electron chi connectivity index (χ0n) is 14.4. The standard InChI is InChI=1S/C20H14N2O6/c23-19(18-14(20(24)25)9-6-11-16(18)22(26)27)21-15-10-4-5-12-17(15)28-13-7-2-1-3-8-13/h1-12H,(H,21,23)(H,24,25). The van der Waals surface area contributed by atoms with E-state index in [0.717, 1.165) is 12.1 Å². The first-order chi connectivity index (χ1) is 13.5. The average Bonchev–Trinajstić information content (AvgIpc) is 2.69. The van der Waals surface area contributed by atoms with Crippen molar-refractivity contribution in [3.05, 3.63) is 94.0 Å². The maximum Gasteiger partial charge on any atom is 0.336 e. The minimum atomic E-state index is -1.44. The number of nitrogens with zero attached hydrogens (tertiary/aromatic N) is 1. The Morgan fingerprint density at radius 1 is 0.929 bits per heavy atom. The third kappa shape index (κ3) is 3.96. The van der Waals surface area contributed by atoms with E-state index in [0.29, 0.717) is 11.5 Å². The predicted octanol–water partition coefficient (Wildman–Crippen LogP) is 4.34. The molecule has 8 heteroatoms. The molecule has 0 aliphatic heterocycles. The highest BCUT2D eigenvalue weighted by molar-refractivity contribution is 6.13. The van der Waals surface area contributed by atoms with Crippen molar-refractivity contribution in [2.75, 3.05) is 5.32 Å². The fraction of sp³-hybridized carbons (Fsp3) is 0. The molecule has 0 spiro atoms. The number of carbonyl (C=O) groups is 2. The van der Waals surface area contributed by atoms with Crippen molar-refractivity contribution in [3.8, 4) is 11.5 Å². The SMILES string of the molecule is O=C(O)c1cccc([N+](=O)[O-])c1C(=O)Nc1ccccc1Oc1ccccc1. The van der Waals surface area contributed by atoms with Crippen LogP contribution in [0.2, 0.25) is 0 Å². The second-order valence-corrected chi connectivity index (χ2v) is 5.63. The Bertz CT molecular complexity index is 1020. The van der Waals surface area contributed by atoms with E-state index in [1.165, 1.54) is 6.07 Å². The molecule has 3 aromatic carbocycles. The Morgan fingerprint density at radius 2 is 1.61 bits per heavy atom. The monoisotopic (exact) mass is 378 g/mol. The van der Waals surface area contributed by atoms with E-state index < -0.39 is 33.6 Å². The second kappa shape index (κ2) is 8.00. The number of benzene rings is 3. The van der Waals surface area contributed by atoms with Crippen LogP contribution >= 0.6 is 0 Å². The van der Waals surface area contributed by atoms with Crippen molar-refractivity contribution in [1.29, 1.82) is 0 Å². The van der Waals surface area contributed by atoms with E-state index >= 15 is 0 Å². The molecule has 0 fully saturated rings. The molecule has 0 aliphatic carbocycles. The number of carbonyl (C=O) groups excluding carboxylic acids is 1. The lowest BCUT2D eigenvalue weighted by molar-refractivity contribution is -0.385. The number of para-hydroxylation sites is 3. The Kier molecular flexibility index (Phi) is 5.31. The lowest BCUT2D eigenvalue weighted by atomic mass is 10.0. The molecule has 0 aromatic heterocycles. The smallest absolute Gasteiger partial charge is 0.336 e. The fourth-order valence-corrected chi connectivity index (χ4v) is 2.57. The van der Waals surface area contributed by atoms with Gasteiger partial charge in [0.1, 0.15) is 11.3 Å². The summed E-state index contributed by atoms with van der Waals surface area (Å²) < 4.78 is 5.74. The number of carboxylic acid groups (broad SMARTS) is 1. The van der Waals surface area contributed by atoms with Crippen LogP contribution in [0.15, 0.2) is 72.8 Å². The summed E-state index contributed by atoms with van der Waals surface area (Å²) in [4.78, 5) is 34.6. The molecule has 0 bridgehead atoms. The number of nitrogens with one attached hydrogen (secondary N) is 1. The van der Waals surface area contributed by atoms with Gasteiger partial charge in [0, 0.05) is 6.07 Å². The van der Waals surface area contributed by atoms with E-state index in [2.05, 4.69) is 5.32 Å². The summed E-state index contributed by atoms with van der Waals surface area (Å²) in [6.07, 6.45) is 0. The summed E-state index contributed by atoms with van der Waals surface area (Å²) in [5.41, 5.74) is -1.35. The zero-order chi connectivity index (χ0) is 20.1. The van der Waals surface area contributed by atoms with Crippen molar-refractivity contribution in [1.82, 2.24) is 0 Å². The van der Waals surface area contributed by atoms with Gasteiger partial charge in [-0.15, -0.1) is 0 Å². The molecule has 0 unspecified atom stereocenters. The number of amides is 1. The molecule has 140 valence electrons. The first-order valence-corrected chi connectivity index (χ1v) is 8.11. The van der Waals surface area contributed by atoms with Crippen LogP contribution in [0.4, 0.5) is 11.4 Å². The van der Waals surface area contributed by atoms with Crippen molar-refractivity contribution < 1.29 is 24.4 Å². The summed E-state index contributed by atoms with van der Waals surface area (Å²) in [5, 5.41) is 23.1. The van der Waals surface area contributed by atoms with E-state index in [-0.39, 0.29) is 5.69 Å². The number of rotatable bonds is 6. The lowest BCUT2D eigenvalue weighted by Gasteiger charge is -2.13. The molecular formula is C20H14N2O6. The van der Waals surface area contributed by atoms with Crippen molar-refractivity contribution in [2.45, 2.75) is 0 Å². The summed E-state index contributed by atoms with van der Waals surface area (Å²) in [6, 6.07) is 18.8. The van der Waals surface area contributed by atoms with Crippen LogP contribution in [0.3, 0.4) is 0 Å². The highest BCUT2D eigenvalue weighted by Crippen LogP contribution is 2.31. The maximum absolute atomic E-state index is 12.7. The van der Waals surface area contributed by atoms with Gasteiger partial charge >= 0.3 is 5.97 Å². The van der Waals surface area contributed by atoms with Crippen LogP contribution in [-0.4, -0.2) is 21.9 Å². The highest BCUT2D eigenvalue weighted by atomic mass is 16.6. The molecule has 0 heterocycles. The van der Waals surface area contributed by atoms with Crippen LogP contribution in [0.25, 0.3) is 0 Å². The first-order valence-electron chi connectivity index (χ1n) is 8.11. The normalized spacial score (nSPS) is 10.1. The van der Waals surface area contributed by atoms with Crippen molar-refractivity contribution in [2.24, 2.45) is 0 Å². The van der Waals surface area contributed by atoms with Gasteiger partial charge in [-0.2, -0.15) is 0 Å². The van der Waals surface area contributed by atoms with Gasteiger partial charge in [-0.3, -0.25) is 14.9 Å².